The van der Waals surface area contributed by atoms with E-state index in [1.54, 1.807) is 12.1 Å². The smallest absolute Gasteiger partial charge is 0.301 e. The van der Waals surface area contributed by atoms with Gasteiger partial charge in [-0.3, -0.25) is 0 Å². The van der Waals surface area contributed by atoms with Crippen LogP contribution in [0.4, 0.5) is 9.18 Å². The van der Waals surface area contributed by atoms with E-state index in [2.05, 4.69) is 22.3 Å². The van der Waals surface area contributed by atoms with Crippen LogP contribution in [0.25, 0.3) is 0 Å². The lowest BCUT2D eigenvalue weighted by atomic mass is 9.83. The number of nitrogens with zero attached hydrogens (tertiary/aromatic N) is 2. The molecule has 0 aliphatic carbocycles. The lowest BCUT2D eigenvalue weighted by Gasteiger charge is -2.47. The summed E-state index contributed by atoms with van der Waals surface area (Å²) in [5, 5.41) is 3.40. The predicted octanol–water partition coefficient (Wildman–Crippen LogP) is 3.72. The predicted molar refractivity (Wildman–Crippen MR) is 111 cm³/mol. The van der Waals surface area contributed by atoms with Crippen LogP contribution < -0.4 is 5.32 Å². The van der Waals surface area contributed by atoms with Gasteiger partial charge in [-0.25, -0.2) is 13.7 Å². The molecule has 2 bridgehead atoms. The first-order valence-corrected chi connectivity index (χ1v) is 10.8. The number of carbonyl (C=O) groups excluding carboxylic acids is 1. The molecule has 3 atom stereocenters. The van der Waals surface area contributed by atoms with E-state index < -0.39 is 0 Å². The molecule has 0 saturated carbocycles. The normalized spacial score (nSPS) is 33.2. The Morgan fingerprint density at radius 1 is 1.14 bits per heavy atom. The van der Waals surface area contributed by atoms with Crippen molar-refractivity contribution in [1.82, 2.24) is 10.2 Å². The molecule has 5 heteroatoms. The van der Waals surface area contributed by atoms with Gasteiger partial charge in [0.25, 0.3) is 0 Å². The van der Waals surface area contributed by atoms with Crippen molar-refractivity contribution in [2.75, 3.05) is 33.2 Å². The van der Waals surface area contributed by atoms with Gasteiger partial charge in [-0.15, -0.1) is 0 Å². The van der Waals surface area contributed by atoms with Crippen molar-refractivity contribution in [3.05, 3.63) is 71.0 Å². The van der Waals surface area contributed by atoms with Crippen LogP contribution in [-0.4, -0.2) is 54.7 Å². The van der Waals surface area contributed by atoms with Gasteiger partial charge in [0.05, 0.1) is 13.6 Å². The summed E-state index contributed by atoms with van der Waals surface area (Å²) in [7, 11) is 2.02. The number of hydrogen-bond acceptors (Lipinski definition) is 2. The number of urea groups is 1. The van der Waals surface area contributed by atoms with Crippen LogP contribution in [0, 0.1) is 11.7 Å². The molecule has 29 heavy (non-hydrogen) atoms. The quantitative estimate of drug-likeness (QED) is 0.788. The maximum absolute atomic E-state index is 14.1. The molecule has 3 fully saturated rings. The summed E-state index contributed by atoms with van der Waals surface area (Å²) in [5.41, 5.74) is 3.26. The topological polar surface area (TPSA) is 32.3 Å². The Morgan fingerprint density at radius 3 is 2.66 bits per heavy atom. The maximum atomic E-state index is 14.1. The van der Waals surface area contributed by atoms with Crippen molar-refractivity contribution in [1.29, 1.82) is 0 Å². The lowest BCUT2D eigenvalue weighted by molar-refractivity contribution is -0.859. The molecule has 2 amide bonds. The van der Waals surface area contributed by atoms with Crippen molar-refractivity contribution < 1.29 is 13.7 Å². The number of rotatable bonds is 2. The minimum absolute atomic E-state index is 0.0625. The Labute approximate surface area is 171 Å². The highest BCUT2D eigenvalue weighted by molar-refractivity contribution is 5.68. The largest absolute Gasteiger partial charge is 0.417 e. The average Bonchev–Trinajstić information content (AvgIpc) is 2.74. The molecular weight excluding hydrogens is 365 g/mol. The standard InChI is InChI=1S/C24H28FN3O/c1-28(24(29)26-22-16-27-12-9-18(22)10-13-27)14-11-17-5-2-3-8-21(17)23(28)19-6-4-7-20(25)15-19/h2-8,15,18,22-23H,9-14,16H2,1H3/p+1/t22-,23+,28?/m1/s1. The molecule has 3 saturated heterocycles. The molecule has 6 rings (SSSR count). The van der Waals surface area contributed by atoms with Crippen molar-refractivity contribution in [3.63, 3.8) is 0 Å². The van der Waals surface area contributed by atoms with E-state index in [4.69, 9.17) is 0 Å². The fourth-order valence-electron chi connectivity index (χ4n) is 5.66. The van der Waals surface area contributed by atoms with Crippen molar-refractivity contribution in [3.8, 4) is 0 Å². The van der Waals surface area contributed by atoms with E-state index in [9.17, 15) is 9.18 Å². The van der Waals surface area contributed by atoms with E-state index >= 15 is 0 Å². The zero-order valence-electron chi connectivity index (χ0n) is 17.0. The second-order valence-electron chi connectivity index (χ2n) is 9.09. The van der Waals surface area contributed by atoms with Crippen LogP contribution in [-0.2, 0) is 6.42 Å². The molecule has 1 N–H and O–H groups in total. The highest BCUT2D eigenvalue weighted by Gasteiger charge is 2.47. The molecule has 2 aromatic rings. The third kappa shape index (κ3) is 3.26. The van der Waals surface area contributed by atoms with Gasteiger partial charge in [-0.05, 0) is 49.5 Å². The summed E-state index contributed by atoms with van der Waals surface area (Å²) in [4.78, 5) is 16.2. The third-order valence-corrected chi connectivity index (χ3v) is 7.36. The molecule has 0 aromatic heterocycles. The van der Waals surface area contributed by atoms with E-state index in [1.165, 1.54) is 24.5 Å². The van der Waals surface area contributed by atoms with Gasteiger partial charge in [0.1, 0.15) is 11.9 Å². The molecule has 0 spiro atoms. The van der Waals surface area contributed by atoms with Gasteiger partial charge >= 0.3 is 6.03 Å². The van der Waals surface area contributed by atoms with Gasteiger partial charge in [-0.2, -0.15) is 0 Å². The Morgan fingerprint density at radius 2 is 1.93 bits per heavy atom. The fourth-order valence-corrected chi connectivity index (χ4v) is 5.66. The summed E-state index contributed by atoms with van der Waals surface area (Å²) >= 11 is 0. The van der Waals surface area contributed by atoms with Crippen molar-refractivity contribution in [2.45, 2.75) is 31.3 Å². The van der Waals surface area contributed by atoms with Gasteiger partial charge in [0, 0.05) is 30.1 Å². The number of benzene rings is 2. The summed E-state index contributed by atoms with van der Waals surface area (Å²) in [6.45, 7) is 3.98. The number of hydrogen-bond donors (Lipinski definition) is 1. The fraction of sp³-hybridized carbons (Fsp3) is 0.458. The molecule has 4 aliphatic rings. The van der Waals surface area contributed by atoms with Gasteiger partial charge in [0.2, 0.25) is 0 Å². The van der Waals surface area contributed by atoms with E-state index in [0.29, 0.717) is 12.5 Å². The number of quaternary nitrogens is 1. The van der Waals surface area contributed by atoms with Gasteiger partial charge in [0.15, 0.2) is 0 Å². The van der Waals surface area contributed by atoms with Crippen LogP contribution in [0.2, 0.25) is 0 Å². The first kappa shape index (κ1) is 18.8. The van der Waals surface area contributed by atoms with Crippen LogP contribution in [0.5, 0.6) is 0 Å². The zero-order valence-corrected chi connectivity index (χ0v) is 17.0. The Kier molecular flexibility index (Phi) is 4.67. The zero-order chi connectivity index (χ0) is 20.0. The Balaban J connectivity index is 1.50. The average molecular weight is 395 g/mol. The molecule has 4 nitrogen and oxygen atoms in total. The van der Waals surface area contributed by atoms with Crippen molar-refractivity contribution >= 4 is 6.03 Å². The number of fused-ring (bicyclic) bond motifs is 4. The van der Waals surface area contributed by atoms with Gasteiger partial charge < -0.3 is 10.2 Å². The second-order valence-corrected chi connectivity index (χ2v) is 9.09. The Hall–Kier alpha value is -2.24. The van der Waals surface area contributed by atoms with Crippen LogP contribution in [0.15, 0.2) is 48.5 Å². The number of carbonyl (C=O) groups is 1. The van der Waals surface area contributed by atoms with Gasteiger partial charge in [-0.1, -0.05) is 36.4 Å². The summed E-state index contributed by atoms with van der Waals surface area (Å²) in [6, 6.07) is 15.1. The van der Waals surface area contributed by atoms with E-state index in [-0.39, 0.29) is 28.4 Å². The number of nitrogens with one attached hydrogen (secondary N) is 1. The highest BCUT2D eigenvalue weighted by Crippen LogP contribution is 2.40. The Bertz CT molecular complexity index is 924. The molecule has 4 heterocycles. The SMILES string of the molecule is C[N+]1(C(=O)N[C@@H]2CN3CCC2CC3)CCc2ccccc2[C@@H]1c1cccc(F)c1. The van der Waals surface area contributed by atoms with E-state index in [0.717, 1.165) is 37.2 Å². The number of halogens is 1. The summed E-state index contributed by atoms with van der Waals surface area (Å²) in [5.74, 6) is 0.329. The molecule has 2 aromatic carbocycles. The molecule has 152 valence electrons. The summed E-state index contributed by atoms with van der Waals surface area (Å²) in [6.07, 6.45) is 3.20. The van der Waals surface area contributed by atoms with Crippen LogP contribution >= 0.6 is 0 Å². The number of piperidine rings is 3. The third-order valence-electron chi connectivity index (χ3n) is 7.36. The van der Waals surface area contributed by atoms with Crippen molar-refractivity contribution in [2.24, 2.45) is 5.92 Å². The minimum atomic E-state index is -0.255. The van der Waals surface area contributed by atoms with E-state index in [1.807, 2.05) is 25.2 Å². The first-order chi connectivity index (χ1) is 14.0. The first-order valence-electron chi connectivity index (χ1n) is 10.8. The monoisotopic (exact) mass is 394 g/mol. The minimum Gasteiger partial charge on any atom is -0.301 e. The van der Waals surface area contributed by atoms with Crippen LogP contribution in [0.1, 0.15) is 35.6 Å². The molecule has 4 aliphatic heterocycles. The second kappa shape index (κ2) is 7.22. The lowest BCUT2D eigenvalue weighted by Crippen LogP contribution is -2.65. The maximum Gasteiger partial charge on any atom is 0.417 e. The molecule has 0 radical (unpaired) electrons. The molecular formula is C24H29FN3O+. The highest BCUT2D eigenvalue weighted by atomic mass is 19.1. The van der Waals surface area contributed by atoms with Crippen LogP contribution in [0.3, 0.4) is 0 Å². The summed E-state index contributed by atoms with van der Waals surface area (Å²) < 4.78 is 14.4. The molecule has 1 unspecified atom stereocenters. The number of amides is 2. The number of likely N-dealkylation sites (N-methyl/N-ethyl adjacent to an activating group) is 1.